The van der Waals surface area contributed by atoms with E-state index >= 15 is 0 Å². The van der Waals surface area contributed by atoms with Crippen LogP contribution in [0.25, 0.3) is 0 Å². The molecule has 1 aromatic carbocycles. The smallest absolute Gasteiger partial charge is 0.217 e. The molecule has 1 rings (SSSR count). The molecule has 0 unspecified atom stereocenters. The Labute approximate surface area is 98.1 Å². The van der Waals surface area contributed by atoms with Crippen LogP contribution >= 0.6 is 0 Å². The SMILES string of the molecule is CCC(C)(C)c1ccc(CNC(C)=O)cc1. The van der Waals surface area contributed by atoms with Gasteiger partial charge in [-0.05, 0) is 23.0 Å². The number of hydrogen-bond acceptors (Lipinski definition) is 1. The summed E-state index contributed by atoms with van der Waals surface area (Å²) in [4.78, 5) is 10.8. The lowest BCUT2D eigenvalue weighted by Crippen LogP contribution is -2.19. The third-order valence-corrected chi connectivity index (χ3v) is 3.16. The number of carbonyl (C=O) groups is 1. The van der Waals surface area contributed by atoms with E-state index < -0.39 is 0 Å². The average molecular weight is 219 g/mol. The minimum Gasteiger partial charge on any atom is -0.352 e. The molecule has 0 bridgehead atoms. The Morgan fingerprint density at radius 2 is 1.81 bits per heavy atom. The van der Waals surface area contributed by atoms with Crippen LogP contribution in [0.2, 0.25) is 0 Å². The number of carbonyl (C=O) groups excluding carboxylic acids is 1. The predicted molar refractivity (Wildman–Crippen MR) is 67.3 cm³/mol. The summed E-state index contributed by atoms with van der Waals surface area (Å²) in [6.45, 7) is 8.84. The van der Waals surface area contributed by atoms with Crippen LogP contribution in [-0.2, 0) is 16.8 Å². The van der Waals surface area contributed by atoms with Crippen LogP contribution in [0.1, 0.15) is 45.2 Å². The summed E-state index contributed by atoms with van der Waals surface area (Å²) in [5.74, 6) is 0.0120. The average Bonchev–Trinajstić information content (AvgIpc) is 2.27. The molecule has 1 amide bonds. The van der Waals surface area contributed by atoms with Crippen molar-refractivity contribution >= 4 is 5.91 Å². The number of benzene rings is 1. The van der Waals surface area contributed by atoms with Gasteiger partial charge in [-0.3, -0.25) is 4.79 Å². The second-order valence-electron chi connectivity index (χ2n) is 4.84. The molecule has 88 valence electrons. The van der Waals surface area contributed by atoms with Crippen molar-refractivity contribution in [3.05, 3.63) is 35.4 Å². The van der Waals surface area contributed by atoms with E-state index in [0.29, 0.717) is 6.54 Å². The van der Waals surface area contributed by atoms with Crippen LogP contribution in [-0.4, -0.2) is 5.91 Å². The van der Waals surface area contributed by atoms with E-state index in [1.54, 1.807) is 0 Å². The van der Waals surface area contributed by atoms with Gasteiger partial charge >= 0.3 is 0 Å². The highest BCUT2D eigenvalue weighted by Gasteiger charge is 2.17. The van der Waals surface area contributed by atoms with Gasteiger partial charge in [0.15, 0.2) is 0 Å². The molecule has 0 atom stereocenters. The van der Waals surface area contributed by atoms with Gasteiger partial charge in [0.2, 0.25) is 5.91 Å². The molecular formula is C14H21NO. The zero-order chi connectivity index (χ0) is 12.2. The van der Waals surface area contributed by atoms with Crippen molar-refractivity contribution in [2.45, 2.75) is 46.1 Å². The summed E-state index contributed by atoms with van der Waals surface area (Å²) in [6.07, 6.45) is 1.12. The second kappa shape index (κ2) is 5.15. The van der Waals surface area contributed by atoms with Gasteiger partial charge in [0, 0.05) is 13.5 Å². The summed E-state index contributed by atoms with van der Waals surface area (Å²) in [5.41, 5.74) is 2.72. The van der Waals surface area contributed by atoms with E-state index in [9.17, 15) is 4.79 Å². The van der Waals surface area contributed by atoms with Crippen molar-refractivity contribution < 1.29 is 4.79 Å². The van der Waals surface area contributed by atoms with Crippen LogP contribution in [0.5, 0.6) is 0 Å². The molecule has 0 aromatic heterocycles. The van der Waals surface area contributed by atoms with Crippen LogP contribution in [0.4, 0.5) is 0 Å². The predicted octanol–water partition coefficient (Wildman–Crippen LogP) is 3.01. The lowest BCUT2D eigenvalue weighted by Gasteiger charge is -2.23. The molecule has 2 heteroatoms. The molecule has 1 aromatic rings. The Bertz CT molecular complexity index is 352. The number of rotatable bonds is 4. The van der Waals surface area contributed by atoms with E-state index in [1.807, 2.05) is 0 Å². The molecule has 0 aliphatic rings. The summed E-state index contributed by atoms with van der Waals surface area (Å²) >= 11 is 0. The quantitative estimate of drug-likeness (QED) is 0.828. The fourth-order valence-corrected chi connectivity index (χ4v) is 1.50. The monoisotopic (exact) mass is 219 g/mol. The highest BCUT2D eigenvalue weighted by molar-refractivity contribution is 5.72. The number of nitrogens with one attached hydrogen (secondary N) is 1. The van der Waals surface area contributed by atoms with Crippen molar-refractivity contribution in [3.8, 4) is 0 Å². The Morgan fingerprint density at radius 3 is 2.25 bits per heavy atom. The molecule has 2 nitrogen and oxygen atoms in total. The zero-order valence-corrected chi connectivity index (χ0v) is 10.6. The van der Waals surface area contributed by atoms with E-state index in [1.165, 1.54) is 12.5 Å². The minimum atomic E-state index is 0.0120. The highest BCUT2D eigenvalue weighted by Crippen LogP contribution is 2.26. The van der Waals surface area contributed by atoms with E-state index in [4.69, 9.17) is 0 Å². The Morgan fingerprint density at radius 1 is 1.25 bits per heavy atom. The largest absolute Gasteiger partial charge is 0.352 e. The molecule has 16 heavy (non-hydrogen) atoms. The van der Waals surface area contributed by atoms with Gasteiger partial charge in [0.25, 0.3) is 0 Å². The van der Waals surface area contributed by atoms with Crippen LogP contribution in [0, 0.1) is 0 Å². The van der Waals surface area contributed by atoms with Crippen molar-refractivity contribution in [2.24, 2.45) is 0 Å². The van der Waals surface area contributed by atoms with Crippen LogP contribution in [0.15, 0.2) is 24.3 Å². The molecule has 0 saturated heterocycles. The maximum Gasteiger partial charge on any atom is 0.217 e. The third kappa shape index (κ3) is 3.37. The fourth-order valence-electron chi connectivity index (χ4n) is 1.50. The summed E-state index contributed by atoms with van der Waals surface area (Å²) in [7, 11) is 0. The van der Waals surface area contributed by atoms with Crippen molar-refractivity contribution in [1.82, 2.24) is 5.32 Å². The standard InChI is InChI=1S/C14H21NO/c1-5-14(3,4)13-8-6-12(7-9-13)10-15-11(2)16/h6-9H,5,10H2,1-4H3,(H,15,16). The first kappa shape index (κ1) is 12.8. The number of amides is 1. The van der Waals surface area contributed by atoms with Gasteiger partial charge in [0.1, 0.15) is 0 Å². The molecule has 0 saturated carbocycles. The summed E-state index contributed by atoms with van der Waals surface area (Å²) in [6, 6.07) is 8.48. The summed E-state index contributed by atoms with van der Waals surface area (Å²) in [5, 5.41) is 2.80. The Balaban J connectivity index is 2.71. The van der Waals surface area contributed by atoms with Crippen molar-refractivity contribution in [1.29, 1.82) is 0 Å². The lowest BCUT2D eigenvalue weighted by molar-refractivity contribution is -0.119. The van der Waals surface area contributed by atoms with Crippen LogP contribution in [0.3, 0.4) is 0 Å². The first-order valence-corrected chi connectivity index (χ1v) is 5.79. The second-order valence-corrected chi connectivity index (χ2v) is 4.84. The first-order chi connectivity index (χ1) is 7.45. The van der Waals surface area contributed by atoms with Gasteiger partial charge in [-0.25, -0.2) is 0 Å². The maximum absolute atomic E-state index is 10.8. The normalized spacial score (nSPS) is 11.2. The van der Waals surface area contributed by atoms with Crippen molar-refractivity contribution in [3.63, 3.8) is 0 Å². The Hall–Kier alpha value is -1.31. The lowest BCUT2D eigenvalue weighted by atomic mass is 9.82. The van der Waals surface area contributed by atoms with E-state index in [2.05, 4.69) is 50.4 Å². The van der Waals surface area contributed by atoms with Gasteiger partial charge in [0.05, 0.1) is 0 Å². The molecule has 0 radical (unpaired) electrons. The molecule has 0 aliphatic heterocycles. The molecule has 0 heterocycles. The van der Waals surface area contributed by atoms with Gasteiger partial charge in [-0.15, -0.1) is 0 Å². The van der Waals surface area contributed by atoms with Gasteiger partial charge in [-0.2, -0.15) is 0 Å². The maximum atomic E-state index is 10.8. The molecule has 0 fully saturated rings. The van der Waals surface area contributed by atoms with Crippen molar-refractivity contribution in [2.75, 3.05) is 0 Å². The fraction of sp³-hybridized carbons (Fsp3) is 0.500. The highest BCUT2D eigenvalue weighted by atomic mass is 16.1. The molecular weight excluding hydrogens is 198 g/mol. The van der Waals surface area contributed by atoms with Gasteiger partial charge < -0.3 is 5.32 Å². The zero-order valence-electron chi connectivity index (χ0n) is 10.6. The number of hydrogen-bond donors (Lipinski definition) is 1. The third-order valence-electron chi connectivity index (χ3n) is 3.16. The summed E-state index contributed by atoms with van der Waals surface area (Å²) < 4.78 is 0. The first-order valence-electron chi connectivity index (χ1n) is 5.79. The van der Waals surface area contributed by atoms with Crippen LogP contribution < -0.4 is 5.32 Å². The van der Waals surface area contributed by atoms with Gasteiger partial charge in [-0.1, -0.05) is 45.0 Å². The molecule has 0 spiro atoms. The molecule has 0 aliphatic carbocycles. The van der Waals surface area contributed by atoms with E-state index in [-0.39, 0.29) is 11.3 Å². The van der Waals surface area contributed by atoms with E-state index in [0.717, 1.165) is 12.0 Å². The minimum absolute atomic E-state index is 0.0120. The Kier molecular flexibility index (Phi) is 4.11. The molecule has 1 N–H and O–H groups in total. The topological polar surface area (TPSA) is 29.1 Å².